The number of nitrogens with two attached hydrogens (primary N) is 1. The van der Waals surface area contributed by atoms with E-state index in [2.05, 4.69) is 32.8 Å². The molecule has 0 aliphatic heterocycles. The highest BCUT2D eigenvalue weighted by molar-refractivity contribution is 9.10. The fraction of sp³-hybridized carbons (Fsp3) is 0.636. The smallest absolute Gasteiger partial charge is 0.145 e. The van der Waals surface area contributed by atoms with Crippen molar-refractivity contribution < 1.29 is 0 Å². The highest BCUT2D eigenvalue weighted by atomic mass is 79.9. The topological polar surface area (TPSA) is 51.8 Å². The van der Waals surface area contributed by atoms with E-state index in [1.165, 1.54) is 25.7 Å². The van der Waals surface area contributed by atoms with Gasteiger partial charge in [-0.15, -0.1) is 0 Å². The maximum absolute atomic E-state index is 5.87. The fourth-order valence-corrected chi connectivity index (χ4v) is 2.67. The van der Waals surface area contributed by atoms with Gasteiger partial charge in [0, 0.05) is 5.92 Å². The Kier molecular flexibility index (Phi) is 3.24. The van der Waals surface area contributed by atoms with E-state index in [-0.39, 0.29) is 0 Å². The zero-order valence-electron chi connectivity index (χ0n) is 8.91. The normalized spacial score (nSPS) is 26.5. The van der Waals surface area contributed by atoms with Crippen LogP contribution >= 0.6 is 15.9 Å². The average molecular weight is 270 g/mol. The van der Waals surface area contributed by atoms with E-state index in [4.69, 9.17) is 5.73 Å². The zero-order chi connectivity index (χ0) is 10.8. The summed E-state index contributed by atoms with van der Waals surface area (Å²) in [5.74, 6) is 1.87. The van der Waals surface area contributed by atoms with Crippen LogP contribution in [0.25, 0.3) is 0 Å². The molecule has 1 aliphatic carbocycles. The summed E-state index contributed by atoms with van der Waals surface area (Å²) in [6, 6.07) is 0. The molecule has 1 aromatic heterocycles. The Morgan fingerprint density at radius 3 is 3.00 bits per heavy atom. The molecule has 1 fully saturated rings. The zero-order valence-corrected chi connectivity index (χ0v) is 10.5. The van der Waals surface area contributed by atoms with Gasteiger partial charge in [0.15, 0.2) is 0 Å². The van der Waals surface area contributed by atoms with Crippen molar-refractivity contribution >= 4 is 21.7 Å². The number of halogens is 1. The van der Waals surface area contributed by atoms with Crippen LogP contribution in [0, 0.1) is 5.92 Å². The second kappa shape index (κ2) is 4.47. The molecule has 2 rings (SSSR count). The van der Waals surface area contributed by atoms with Gasteiger partial charge < -0.3 is 5.73 Å². The molecule has 1 aromatic rings. The van der Waals surface area contributed by atoms with Crippen molar-refractivity contribution in [1.29, 1.82) is 0 Å². The van der Waals surface area contributed by atoms with Gasteiger partial charge in [-0.1, -0.05) is 19.8 Å². The van der Waals surface area contributed by atoms with Gasteiger partial charge in [-0.2, -0.15) is 0 Å². The van der Waals surface area contributed by atoms with Gasteiger partial charge in [0.1, 0.15) is 10.4 Å². The molecule has 1 aliphatic rings. The van der Waals surface area contributed by atoms with E-state index in [0.29, 0.717) is 11.7 Å². The Labute approximate surface area is 98.6 Å². The van der Waals surface area contributed by atoms with Gasteiger partial charge in [-0.05, 0) is 34.7 Å². The SMILES string of the molecule is CC1CCCC(c2nc(Br)cnc2N)C1. The molecule has 2 N–H and O–H groups in total. The van der Waals surface area contributed by atoms with Crippen molar-refractivity contribution in [2.75, 3.05) is 5.73 Å². The van der Waals surface area contributed by atoms with Gasteiger partial charge in [-0.25, -0.2) is 9.97 Å². The Morgan fingerprint density at radius 1 is 1.47 bits per heavy atom. The van der Waals surface area contributed by atoms with Gasteiger partial charge in [0.05, 0.1) is 11.9 Å². The second-order valence-electron chi connectivity index (χ2n) is 4.43. The molecule has 0 aromatic carbocycles. The highest BCUT2D eigenvalue weighted by Gasteiger charge is 2.23. The van der Waals surface area contributed by atoms with Crippen LogP contribution in [-0.4, -0.2) is 9.97 Å². The summed E-state index contributed by atoms with van der Waals surface area (Å²) in [6.07, 6.45) is 6.65. The summed E-state index contributed by atoms with van der Waals surface area (Å²) < 4.78 is 0.782. The monoisotopic (exact) mass is 269 g/mol. The molecule has 3 nitrogen and oxygen atoms in total. The lowest BCUT2D eigenvalue weighted by molar-refractivity contribution is 0.340. The number of nitrogens with zero attached hydrogens (tertiary/aromatic N) is 2. The molecular weight excluding hydrogens is 254 g/mol. The third kappa shape index (κ3) is 2.48. The van der Waals surface area contributed by atoms with Crippen molar-refractivity contribution in [3.8, 4) is 0 Å². The molecule has 4 heteroatoms. The predicted molar refractivity (Wildman–Crippen MR) is 64.5 cm³/mol. The molecule has 1 saturated carbocycles. The van der Waals surface area contributed by atoms with Crippen molar-refractivity contribution in [2.45, 2.75) is 38.5 Å². The van der Waals surface area contributed by atoms with Crippen molar-refractivity contribution in [3.05, 3.63) is 16.5 Å². The maximum Gasteiger partial charge on any atom is 0.145 e. The maximum atomic E-state index is 5.87. The van der Waals surface area contributed by atoms with Crippen LogP contribution in [0.15, 0.2) is 10.8 Å². The summed E-state index contributed by atoms with van der Waals surface area (Å²) in [4.78, 5) is 8.61. The Balaban J connectivity index is 2.24. The van der Waals surface area contributed by atoms with Crippen LogP contribution in [0.4, 0.5) is 5.82 Å². The van der Waals surface area contributed by atoms with E-state index in [1.54, 1.807) is 6.20 Å². The molecule has 0 spiro atoms. The Morgan fingerprint density at radius 2 is 2.27 bits per heavy atom. The highest BCUT2D eigenvalue weighted by Crippen LogP contribution is 2.36. The summed E-state index contributed by atoms with van der Waals surface area (Å²) >= 11 is 3.35. The predicted octanol–water partition coefficient (Wildman–Crippen LogP) is 3.12. The average Bonchev–Trinajstić information content (AvgIpc) is 2.22. The van der Waals surface area contributed by atoms with Crippen LogP contribution < -0.4 is 5.73 Å². The third-order valence-electron chi connectivity index (χ3n) is 3.12. The third-order valence-corrected chi connectivity index (χ3v) is 3.51. The molecule has 0 radical (unpaired) electrons. The first-order chi connectivity index (χ1) is 7.16. The lowest BCUT2D eigenvalue weighted by Crippen LogP contribution is -2.15. The molecule has 15 heavy (non-hydrogen) atoms. The van der Waals surface area contributed by atoms with Crippen molar-refractivity contribution in [1.82, 2.24) is 9.97 Å². The number of anilines is 1. The van der Waals surface area contributed by atoms with Crippen molar-refractivity contribution in [2.24, 2.45) is 5.92 Å². The number of rotatable bonds is 1. The molecule has 82 valence electrons. The lowest BCUT2D eigenvalue weighted by Gasteiger charge is -2.26. The minimum Gasteiger partial charge on any atom is -0.382 e. The molecule has 2 unspecified atom stereocenters. The number of hydrogen-bond donors (Lipinski definition) is 1. The molecule has 0 bridgehead atoms. The molecule has 0 amide bonds. The van der Waals surface area contributed by atoms with E-state index >= 15 is 0 Å². The van der Waals surface area contributed by atoms with Gasteiger partial charge in [0.2, 0.25) is 0 Å². The van der Waals surface area contributed by atoms with E-state index in [9.17, 15) is 0 Å². The first-order valence-corrected chi connectivity index (χ1v) is 6.24. The quantitative estimate of drug-likeness (QED) is 0.853. The van der Waals surface area contributed by atoms with E-state index < -0.39 is 0 Å². The summed E-state index contributed by atoms with van der Waals surface area (Å²) in [5.41, 5.74) is 6.85. The van der Waals surface area contributed by atoms with E-state index in [1.807, 2.05) is 0 Å². The first kappa shape index (κ1) is 10.9. The van der Waals surface area contributed by atoms with Gasteiger partial charge >= 0.3 is 0 Å². The molecular formula is C11H16BrN3. The minimum absolute atomic E-state index is 0.499. The Bertz CT molecular complexity index is 354. The Hall–Kier alpha value is -0.640. The summed E-state index contributed by atoms with van der Waals surface area (Å²) in [6.45, 7) is 2.30. The second-order valence-corrected chi connectivity index (χ2v) is 5.24. The fourth-order valence-electron chi connectivity index (χ4n) is 2.37. The van der Waals surface area contributed by atoms with Gasteiger partial charge in [0.25, 0.3) is 0 Å². The molecule has 0 saturated heterocycles. The number of nitrogen functional groups attached to an aromatic ring is 1. The van der Waals surface area contributed by atoms with Crippen LogP contribution in [0.5, 0.6) is 0 Å². The first-order valence-electron chi connectivity index (χ1n) is 5.44. The van der Waals surface area contributed by atoms with Crippen LogP contribution in [0.1, 0.15) is 44.2 Å². The van der Waals surface area contributed by atoms with Crippen molar-refractivity contribution in [3.63, 3.8) is 0 Å². The number of hydrogen-bond acceptors (Lipinski definition) is 3. The summed E-state index contributed by atoms with van der Waals surface area (Å²) in [5, 5.41) is 0. The van der Waals surface area contributed by atoms with Crippen LogP contribution in [0.3, 0.4) is 0 Å². The van der Waals surface area contributed by atoms with Crippen LogP contribution in [-0.2, 0) is 0 Å². The minimum atomic E-state index is 0.499. The summed E-state index contributed by atoms with van der Waals surface area (Å²) in [7, 11) is 0. The molecule has 1 heterocycles. The lowest BCUT2D eigenvalue weighted by atomic mass is 9.80. The molecule has 2 atom stereocenters. The van der Waals surface area contributed by atoms with Gasteiger partial charge in [-0.3, -0.25) is 0 Å². The van der Waals surface area contributed by atoms with E-state index in [0.717, 1.165) is 16.2 Å². The number of aromatic nitrogens is 2. The van der Waals surface area contributed by atoms with Crippen LogP contribution in [0.2, 0.25) is 0 Å². The standard InChI is InChI=1S/C11H16BrN3/c1-7-3-2-4-8(5-7)10-11(13)14-6-9(12)15-10/h6-8H,2-5H2,1H3,(H2,13,14). The largest absolute Gasteiger partial charge is 0.382 e.